The normalized spacial score (nSPS) is 17.5. The largest absolute Gasteiger partial charge is 0.0654 e. The summed E-state index contributed by atoms with van der Waals surface area (Å²) in [6.07, 6.45) is 7.61. The van der Waals surface area contributed by atoms with Crippen LogP contribution in [0.1, 0.15) is 49.8 Å². The maximum atomic E-state index is 2.42. The van der Waals surface area contributed by atoms with Crippen molar-refractivity contribution in [2.45, 2.75) is 52.4 Å². The van der Waals surface area contributed by atoms with Crippen molar-refractivity contribution in [3.05, 3.63) is 59.2 Å². The third kappa shape index (κ3) is 3.37. The molecule has 0 bridgehead atoms. The molecule has 0 fully saturated rings. The van der Waals surface area contributed by atoms with Gasteiger partial charge in [-0.25, -0.2) is 0 Å². The third-order valence-corrected chi connectivity index (χ3v) is 4.79. The van der Waals surface area contributed by atoms with Gasteiger partial charge in [0.1, 0.15) is 0 Å². The number of fused-ring (bicyclic) bond motifs is 1. The summed E-state index contributed by atoms with van der Waals surface area (Å²) in [7, 11) is 0. The zero-order valence-electron chi connectivity index (χ0n) is 13.4. The number of unbranched alkanes of at least 4 members (excludes halogenated alkanes) is 1. The predicted molar refractivity (Wildman–Crippen MR) is 91.7 cm³/mol. The predicted octanol–water partition coefficient (Wildman–Crippen LogP) is 5.82. The molecule has 0 saturated heterocycles. The SMILES string of the molecule is CCCCc1ccc(-c2ccc3c(c2)CCC(C)C3)cc1. The second-order valence-electron chi connectivity index (χ2n) is 6.63. The Kier molecular flexibility index (Phi) is 4.43. The van der Waals surface area contributed by atoms with Gasteiger partial charge < -0.3 is 0 Å². The Labute approximate surface area is 129 Å². The number of rotatable bonds is 4. The quantitative estimate of drug-likeness (QED) is 0.661. The molecule has 0 radical (unpaired) electrons. The number of hydrogen-bond donors (Lipinski definition) is 0. The number of benzene rings is 2. The molecule has 0 N–H and O–H groups in total. The van der Waals surface area contributed by atoms with E-state index in [1.807, 2.05) is 0 Å². The summed E-state index contributed by atoms with van der Waals surface area (Å²) < 4.78 is 0. The summed E-state index contributed by atoms with van der Waals surface area (Å²) in [6, 6.07) is 16.3. The van der Waals surface area contributed by atoms with Crippen LogP contribution in [0.3, 0.4) is 0 Å². The Bertz CT molecular complexity index is 592. The van der Waals surface area contributed by atoms with E-state index in [0.717, 1.165) is 5.92 Å². The highest BCUT2D eigenvalue weighted by atomic mass is 14.2. The van der Waals surface area contributed by atoms with Crippen LogP contribution in [-0.4, -0.2) is 0 Å². The summed E-state index contributed by atoms with van der Waals surface area (Å²) >= 11 is 0. The van der Waals surface area contributed by atoms with E-state index in [2.05, 4.69) is 56.3 Å². The van der Waals surface area contributed by atoms with E-state index in [0.29, 0.717) is 0 Å². The van der Waals surface area contributed by atoms with Crippen LogP contribution in [0.25, 0.3) is 11.1 Å². The summed E-state index contributed by atoms with van der Waals surface area (Å²) in [6.45, 7) is 4.62. The summed E-state index contributed by atoms with van der Waals surface area (Å²) in [5, 5.41) is 0. The molecule has 1 unspecified atom stereocenters. The molecular formula is C21H26. The molecule has 2 aromatic carbocycles. The summed E-state index contributed by atoms with van der Waals surface area (Å²) in [5.41, 5.74) is 7.34. The van der Waals surface area contributed by atoms with E-state index in [4.69, 9.17) is 0 Å². The van der Waals surface area contributed by atoms with E-state index in [9.17, 15) is 0 Å². The number of hydrogen-bond acceptors (Lipinski definition) is 0. The highest BCUT2D eigenvalue weighted by Crippen LogP contribution is 2.29. The molecule has 110 valence electrons. The van der Waals surface area contributed by atoms with Crippen molar-refractivity contribution in [1.82, 2.24) is 0 Å². The molecule has 2 aromatic rings. The third-order valence-electron chi connectivity index (χ3n) is 4.79. The van der Waals surface area contributed by atoms with Gasteiger partial charge in [-0.1, -0.05) is 62.7 Å². The van der Waals surface area contributed by atoms with Crippen molar-refractivity contribution in [2.24, 2.45) is 5.92 Å². The molecule has 0 aliphatic heterocycles. The van der Waals surface area contributed by atoms with Crippen molar-refractivity contribution >= 4 is 0 Å². The monoisotopic (exact) mass is 278 g/mol. The van der Waals surface area contributed by atoms with Crippen LogP contribution >= 0.6 is 0 Å². The first-order chi connectivity index (χ1) is 10.3. The van der Waals surface area contributed by atoms with Crippen molar-refractivity contribution < 1.29 is 0 Å². The van der Waals surface area contributed by atoms with E-state index >= 15 is 0 Å². The molecule has 0 spiro atoms. The minimum Gasteiger partial charge on any atom is -0.0654 e. The van der Waals surface area contributed by atoms with Crippen LogP contribution in [-0.2, 0) is 19.3 Å². The van der Waals surface area contributed by atoms with Crippen molar-refractivity contribution in [3.63, 3.8) is 0 Å². The van der Waals surface area contributed by atoms with Crippen molar-refractivity contribution in [3.8, 4) is 11.1 Å². The van der Waals surface area contributed by atoms with E-state index in [1.165, 1.54) is 55.2 Å². The first-order valence-electron chi connectivity index (χ1n) is 8.47. The zero-order chi connectivity index (χ0) is 14.7. The molecule has 3 rings (SSSR count). The Morgan fingerprint density at radius 2 is 1.71 bits per heavy atom. The lowest BCUT2D eigenvalue weighted by Crippen LogP contribution is -2.11. The van der Waals surface area contributed by atoms with E-state index in [1.54, 1.807) is 11.1 Å². The fraction of sp³-hybridized carbons (Fsp3) is 0.429. The van der Waals surface area contributed by atoms with Crippen LogP contribution in [0.5, 0.6) is 0 Å². The van der Waals surface area contributed by atoms with Gasteiger partial charge in [0, 0.05) is 0 Å². The van der Waals surface area contributed by atoms with Gasteiger partial charge in [0.05, 0.1) is 0 Å². The van der Waals surface area contributed by atoms with Gasteiger partial charge in [-0.2, -0.15) is 0 Å². The molecule has 0 aromatic heterocycles. The fourth-order valence-electron chi connectivity index (χ4n) is 3.36. The van der Waals surface area contributed by atoms with Crippen LogP contribution in [0.4, 0.5) is 0 Å². The van der Waals surface area contributed by atoms with Gasteiger partial charge in [0.2, 0.25) is 0 Å². The molecule has 1 aliphatic rings. The van der Waals surface area contributed by atoms with Crippen LogP contribution in [0.2, 0.25) is 0 Å². The fourth-order valence-corrected chi connectivity index (χ4v) is 3.36. The minimum absolute atomic E-state index is 0.848. The Balaban J connectivity index is 1.80. The molecular weight excluding hydrogens is 252 g/mol. The van der Waals surface area contributed by atoms with Crippen molar-refractivity contribution in [2.75, 3.05) is 0 Å². The lowest BCUT2D eigenvalue weighted by molar-refractivity contribution is 0.501. The van der Waals surface area contributed by atoms with Gasteiger partial charge in [-0.15, -0.1) is 0 Å². The lowest BCUT2D eigenvalue weighted by atomic mass is 9.83. The first-order valence-corrected chi connectivity index (χ1v) is 8.47. The van der Waals surface area contributed by atoms with Gasteiger partial charge >= 0.3 is 0 Å². The Hall–Kier alpha value is -1.56. The number of aryl methyl sites for hydroxylation is 2. The highest BCUT2D eigenvalue weighted by Gasteiger charge is 2.15. The van der Waals surface area contributed by atoms with E-state index in [-0.39, 0.29) is 0 Å². The maximum Gasteiger partial charge on any atom is -0.0181 e. The van der Waals surface area contributed by atoms with Gasteiger partial charge in [0.15, 0.2) is 0 Å². The molecule has 0 amide bonds. The Morgan fingerprint density at radius 3 is 2.48 bits per heavy atom. The summed E-state index contributed by atoms with van der Waals surface area (Å²) in [5.74, 6) is 0.848. The average molecular weight is 278 g/mol. The van der Waals surface area contributed by atoms with Gasteiger partial charge in [0.25, 0.3) is 0 Å². The van der Waals surface area contributed by atoms with E-state index < -0.39 is 0 Å². The topological polar surface area (TPSA) is 0 Å². The molecule has 0 heteroatoms. The zero-order valence-corrected chi connectivity index (χ0v) is 13.4. The molecule has 1 aliphatic carbocycles. The minimum atomic E-state index is 0.848. The maximum absolute atomic E-state index is 2.42. The molecule has 21 heavy (non-hydrogen) atoms. The first kappa shape index (κ1) is 14.4. The Morgan fingerprint density at radius 1 is 0.952 bits per heavy atom. The van der Waals surface area contributed by atoms with Crippen LogP contribution in [0.15, 0.2) is 42.5 Å². The van der Waals surface area contributed by atoms with Crippen LogP contribution in [0, 0.1) is 5.92 Å². The van der Waals surface area contributed by atoms with Crippen molar-refractivity contribution in [1.29, 1.82) is 0 Å². The second kappa shape index (κ2) is 6.47. The second-order valence-corrected chi connectivity index (χ2v) is 6.63. The van der Waals surface area contributed by atoms with Crippen LogP contribution < -0.4 is 0 Å². The molecule has 0 heterocycles. The van der Waals surface area contributed by atoms with Gasteiger partial charge in [-0.05, 0) is 65.8 Å². The molecule has 0 saturated carbocycles. The molecule has 1 atom stereocenters. The highest BCUT2D eigenvalue weighted by molar-refractivity contribution is 5.65. The van der Waals surface area contributed by atoms with Gasteiger partial charge in [-0.3, -0.25) is 0 Å². The summed E-state index contributed by atoms with van der Waals surface area (Å²) in [4.78, 5) is 0. The lowest BCUT2D eigenvalue weighted by Gasteiger charge is -2.22. The average Bonchev–Trinajstić information content (AvgIpc) is 2.53. The molecule has 0 nitrogen and oxygen atoms in total. The smallest absolute Gasteiger partial charge is 0.0181 e. The standard InChI is InChI=1S/C21H26/c1-3-4-5-17-7-10-18(11-8-17)20-13-12-19-14-16(2)6-9-21(19)15-20/h7-8,10-13,15-16H,3-6,9,14H2,1-2H3.